The monoisotopic (exact) mass is 243 g/mol. The lowest BCUT2D eigenvalue weighted by Crippen LogP contribution is -2.61. The summed E-state index contributed by atoms with van der Waals surface area (Å²) in [5, 5.41) is 3.75. The summed E-state index contributed by atoms with van der Waals surface area (Å²) in [7, 11) is 0. The van der Waals surface area contributed by atoms with Gasteiger partial charge in [0.25, 0.3) is 0 Å². The molecule has 0 radical (unpaired) electrons. The second-order valence-corrected chi connectivity index (χ2v) is 7.10. The summed E-state index contributed by atoms with van der Waals surface area (Å²) in [6, 6.07) is 0.647. The van der Waals surface area contributed by atoms with Gasteiger partial charge < -0.3 is 10.1 Å². The van der Waals surface area contributed by atoms with Gasteiger partial charge in [-0.3, -0.25) is 0 Å². The van der Waals surface area contributed by atoms with Crippen molar-refractivity contribution in [3.8, 4) is 0 Å². The van der Waals surface area contributed by atoms with Gasteiger partial charge in [0, 0.05) is 29.4 Å². The maximum atomic E-state index is 5.75. The summed E-state index contributed by atoms with van der Waals surface area (Å²) >= 11 is 2.03. The van der Waals surface area contributed by atoms with E-state index in [-0.39, 0.29) is 0 Å². The van der Waals surface area contributed by atoms with Crippen molar-refractivity contribution < 1.29 is 4.74 Å². The van der Waals surface area contributed by atoms with Crippen molar-refractivity contribution in [2.24, 2.45) is 5.41 Å². The highest BCUT2D eigenvalue weighted by atomic mass is 32.2. The Kier molecular flexibility index (Phi) is 3.58. The zero-order valence-corrected chi connectivity index (χ0v) is 11.8. The maximum Gasteiger partial charge on any atom is 0.0655 e. The smallest absolute Gasteiger partial charge is 0.0655 e. The first kappa shape index (κ1) is 12.7. The van der Waals surface area contributed by atoms with E-state index in [9.17, 15) is 0 Å². The van der Waals surface area contributed by atoms with Crippen molar-refractivity contribution in [3.63, 3.8) is 0 Å². The zero-order valence-electron chi connectivity index (χ0n) is 11.0. The van der Waals surface area contributed by atoms with Crippen molar-refractivity contribution in [2.75, 3.05) is 19.4 Å². The summed E-state index contributed by atoms with van der Waals surface area (Å²) in [6.45, 7) is 8.76. The Morgan fingerprint density at radius 2 is 2.06 bits per heavy atom. The van der Waals surface area contributed by atoms with Crippen LogP contribution in [0.15, 0.2) is 0 Å². The molecule has 2 nitrogen and oxygen atoms in total. The fourth-order valence-electron chi connectivity index (χ4n) is 2.62. The standard InChI is InChI=1S/C13H25NOS/c1-5-15-11-8-10(12(11,2)3)14-9-13(16-4)6-7-13/h10-11,14H,5-9H2,1-4H3. The van der Waals surface area contributed by atoms with Gasteiger partial charge in [-0.2, -0.15) is 11.8 Å². The Labute approximate surface area is 104 Å². The molecule has 0 bridgehead atoms. The summed E-state index contributed by atoms with van der Waals surface area (Å²) in [4.78, 5) is 0. The number of hydrogen-bond acceptors (Lipinski definition) is 3. The highest BCUT2D eigenvalue weighted by Gasteiger charge is 2.50. The van der Waals surface area contributed by atoms with Gasteiger partial charge in [-0.25, -0.2) is 0 Å². The molecule has 0 aromatic heterocycles. The van der Waals surface area contributed by atoms with Crippen LogP contribution in [0.3, 0.4) is 0 Å². The van der Waals surface area contributed by atoms with E-state index in [1.54, 1.807) is 0 Å². The van der Waals surface area contributed by atoms with Crippen LogP contribution in [0.25, 0.3) is 0 Å². The molecule has 0 amide bonds. The second-order valence-electron chi connectivity index (χ2n) is 5.82. The number of thioether (sulfide) groups is 1. The molecular formula is C13H25NOS. The van der Waals surface area contributed by atoms with Gasteiger partial charge in [0.05, 0.1) is 6.10 Å². The lowest BCUT2D eigenvalue weighted by Gasteiger charge is -2.52. The van der Waals surface area contributed by atoms with Crippen LogP contribution < -0.4 is 5.32 Å². The van der Waals surface area contributed by atoms with Crippen LogP contribution in [0.5, 0.6) is 0 Å². The van der Waals surface area contributed by atoms with E-state index in [2.05, 4.69) is 32.3 Å². The molecule has 2 aliphatic rings. The quantitative estimate of drug-likeness (QED) is 0.775. The molecule has 0 aromatic carbocycles. The average molecular weight is 243 g/mol. The summed E-state index contributed by atoms with van der Waals surface area (Å²) in [6.07, 6.45) is 6.67. The zero-order chi connectivity index (χ0) is 11.8. The highest BCUT2D eigenvalue weighted by molar-refractivity contribution is 8.00. The second kappa shape index (κ2) is 4.51. The van der Waals surface area contributed by atoms with Crippen LogP contribution >= 0.6 is 11.8 Å². The van der Waals surface area contributed by atoms with Gasteiger partial charge in [-0.05, 0) is 32.4 Å². The minimum absolute atomic E-state index is 0.310. The maximum absolute atomic E-state index is 5.75. The van der Waals surface area contributed by atoms with E-state index in [1.807, 2.05) is 11.8 Å². The van der Waals surface area contributed by atoms with Crippen molar-refractivity contribution in [3.05, 3.63) is 0 Å². The molecule has 2 fully saturated rings. The fourth-order valence-corrected chi connectivity index (χ4v) is 3.36. The first-order valence-electron chi connectivity index (χ1n) is 6.44. The minimum Gasteiger partial charge on any atom is -0.378 e. The lowest BCUT2D eigenvalue weighted by molar-refractivity contribution is -0.113. The van der Waals surface area contributed by atoms with Gasteiger partial charge >= 0.3 is 0 Å². The number of ether oxygens (including phenoxy) is 1. The molecule has 0 aromatic rings. The molecule has 3 heteroatoms. The van der Waals surface area contributed by atoms with Gasteiger partial charge in [0.1, 0.15) is 0 Å². The summed E-state index contributed by atoms with van der Waals surface area (Å²) < 4.78 is 6.33. The van der Waals surface area contributed by atoms with Gasteiger partial charge in [0.2, 0.25) is 0 Å². The van der Waals surface area contributed by atoms with E-state index < -0.39 is 0 Å². The third-order valence-electron chi connectivity index (χ3n) is 4.46. The van der Waals surface area contributed by atoms with Crippen molar-refractivity contribution in [1.82, 2.24) is 5.32 Å². The van der Waals surface area contributed by atoms with Crippen LogP contribution in [0.4, 0.5) is 0 Å². The van der Waals surface area contributed by atoms with E-state index in [0.717, 1.165) is 6.61 Å². The first-order chi connectivity index (χ1) is 7.54. The Hall–Kier alpha value is 0.270. The molecule has 0 spiro atoms. The van der Waals surface area contributed by atoms with Crippen molar-refractivity contribution in [1.29, 1.82) is 0 Å². The van der Waals surface area contributed by atoms with Crippen LogP contribution in [0.2, 0.25) is 0 Å². The fraction of sp³-hybridized carbons (Fsp3) is 1.00. The Morgan fingerprint density at radius 3 is 2.50 bits per heavy atom. The molecule has 2 unspecified atom stereocenters. The molecule has 2 aliphatic carbocycles. The van der Waals surface area contributed by atoms with Gasteiger partial charge in [-0.15, -0.1) is 0 Å². The van der Waals surface area contributed by atoms with Crippen molar-refractivity contribution in [2.45, 2.75) is 56.9 Å². The Morgan fingerprint density at radius 1 is 1.38 bits per heavy atom. The van der Waals surface area contributed by atoms with Crippen LogP contribution in [-0.4, -0.2) is 36.3 Å². The molecule has 0 saturated heterocycles. The van der Waals surface area contributed by atoms with E-state index in [0.29, 0.717) is 22.3 Å². The third kappa shape index (κ3) is 2.27. The van der Waals surface area contributed by atoms with Gasteiger partial charge in [-0.1, -0.05) is 13.8 Å². The number of nitrogens with one attached hydrogen (secondary N) is 1. The molecule has 0 heterocycles. The van der Waals surface area contributed by atoms with Crippen molar-refractivity contribution >= 4 is 11.8 Å². The van der Waals surface area contributed by atoms with Crippen LogP contribution in [0.1, 0.15) is 40.0 Å². The summed E-state index contributed by atoms with van der Waals surface area (Å²) in [5.41, 5.74) is 0.310. The molecule has 2 saturated carbocycles. The minimum atomic E-state index is 0.310. The van der Waals surface area contributed by atoms with Gasteiger partial charge in [0.15, 0.2) is 0 Å². The molecule has 1 N–H and O–H groups in total. The largest absolute Gasteiger partial charge is 0.378 e. The van der Waals surface area contributed by atoms with Crippen LogP contribution in [0, 0.1) is 5.41 Å². The molecule has 16 heavy (non-hydrogen) atoms. The molecule has 2 rings (SSSR count). The van der Waals surface area contributed by atoms with E-state index in [4.69, 9.17) is 4.74 Å². The Balaban J connectivity index is 1.76. The predicted octanol–water partition coefficient (Wildman–Crippen LogP) is 2.68. The lowest BCUT2D eigenvalue weighted by atomic mass is 9.64. The third-order valence-corrected chi connectivity index (χ3v) is 5.88. The normalized spacial score (nSPS) is 34.5. The summed E-state index contributed by atoms with van der Waals surface area (Å²) in [5.74, 6) is 0. The molecule has 2 atom stereocenters. The Bertz CT molecular complexity index is 250. The number of hydrogen-bond donors (Lipinski definition) is 1. The van der Waals surface area contributed by atoms with E-state index >= 15 is 0 Å². The predicted molar refractivity (Wildman–Crippen MR) is 71.1 cm³/mol. The topological polar surface area (TPSA) is 21.3 Å². The highest BCUT2D eigenvalue weighted by Crippen LogP contribution is 2.48. The SMILES string of the molecule is CCOC1CC(NCC2(SC)CC2)C1(C)C. The average Bonchev–Trinajstić information content (AvgIpc) is 3.03. The molecular weight excluding hydrogens is 218 g/mol. The van der Waals surface area contributed by atoms with Crippen LogP contribution in [-0.2, 0) is 4.74 Å². The first-order valence-corrected chi connectivity index (χ1v) is 7.67. The van der Waals surface area contributed by atoms with E-state index in [1.165, 1.54) is 25.8 Å². The molecule has 94 valence electrons. The number of rotatable bonds is 6. The molecule has 0 aliphatic heterocycles.